The number of carbonyl (C=O) groups is 1. The molecule has 1 aliphatic rings. The predicted molar refractivity (Wildman–Crippen MR) is 138 cm³/mol. The molecule has 1 aliphatic heterocycles. The SMILES string of the molecule is CCOc1c(C(C)n2cc(C)c3c(N)ncnc32)cc(Cl)c(C#N)c1C1CN(C(=O)OC(C)(C)C)C1. The first-order chi connectivity index (χ1) is 17.0. The van der Waals surface area contributed by atoms with E-state index in [-0.39, 0.29) is 18.1 Å². The normalized spacial score (nSPS) is 14.9. The summed E-state index contributed by atoms with van der Waals surface area (Å²) in [5.74, 6) is 0.921. The number of likely N-dealkylation sites (tertiary alicyclic amines) is 1. The average molecular weight is 511 g/mol. The third-order valence-corrected chi connectivity index (χ3v) is 6.63. The van der Waals surface area contributed by atoms with Crippen LogP contribution in [0.3, 0.4) is 0 Å². The molecule has 3 aromatic rings. The molecule has 9 nitrogen and oxygen atoms in total. The summed E-state index contributed by atoms with van der Waals surface area (Å²) < 4.78 is 13.7. The standard InChI is InChI=1S/C26H31ClN6O3/c1-7-35-22-17(15(3)33-10-14(2)20-23(29)30-13-31-24(20)33)8-19(27)18(9-28)21(22)16-11-32(12-16)25(34)36-26(4,5)6/h8,10,13,15-16H,7,11-12H2,1-6H3,(H2,29,30,31). The molecule has 4 rings (SSSR count). The highest BCUT2D eigenvalue weighted by atomic mass is 35.5. The Hall–Kier alpha value is -3.51. The number of aromatic nitrogens is 3. The summed E-state index contributed by atoms with van der Waals surface area (Å²) in [6.07, 6.45) is 3.05. The van der Waals surface area contributed by atoms with Crippen LogP contribution in [0.25, 0.3) is 11.0 Å². The van der Waals surface area contributed by atoms with Gasteiger partial charge in [0.25, 0.3) is 0 Å². The van der Waals surface area contributed by atoms with Crippen LogP contribution in [0.4, 0.5) is 10.6 Å². The first kappa shape index (κ1) is 25.6. The Morgan fingerprint density at radius 2 is 2.06 bits per heavy atom. The Morgan fingerprint density at radius 3 is 2.67 bits per heavy atom. The molecule has 3 heterocycles. The molecule has 2 N–H and O–H groups in total. The second-order valence-electron chi connectivity index (χ2n) is 10.0. The molecule has 0 aliphatic carbocycles. The van der Waals surface area contributed by atoms with E-state index in [0.717, 1.165) is 22.1 Å². The highest BCUT2D eigenvalue weighted by molar-refractivity contribution is 6.32. The van der Waals surface area contributed by atoms with E-state index in [1.165, 1.54) is 6.33 Å². The second-order valence-corrected chi connectivity index (χ2v) is 10.5. The molecule has 2 aromatic heterocycles. The number of halogens is 1. The van der Waals surface area contributed by atoms with Crippen molar-refractivity contribution in [3.05, 3.63) is 45.9 Å². The van der Waals surface area contributed by atoms with E-state index in [0.29, 0.717) is 47.5 Å². The van der Waals surface area contributed by atoms with Gasteiger partial charge in [-0.2, -0.15) is 5.26 Å². The number of rotatable bonds is 5. The molecular formula is C26H31ClN6O3. The Kier molecular flexibility index (Phi) is 6.76. The van der Waals surface area contributed by atoms with Gasteiger partial charge in [-0.25, -0.2) is 14.8 Å². The van der Waals surface area contributed by atoms with Crippen molar-refractivity contribution in [1.29, 1.82) is 5.26 Å². The van der Waals surface area contributed by atoms with Gasteiger partial charge in [-0.3, -0.25) is 0 Å². The lowest BCUT2D eigenvalue weighted by atomic mass is 9.85. The van der Waals surface area contributed by atoms with E-state index in [9.17, 15) is 10.1 Å². The largest absolute Gasteiger partial charge is 0.493 e. The molecule has 36 heavy (non-hydrogen) atoms. The number of hydrogen-bond donors (Lipinski definition) is 1. The molecule has 1 fully saturated rings. The van der Waals surface area contributed by atoms with E-state index in [4.69, 9.17) is 26.8 Å². The van der Waals surface area contributed by atoms with Crippen LogP contribution in [-0.4, -0.2) is 50.8 Å². The van der Waals surface area contributed by atoms with Gasteiger partial charge in [0.1, 0.15) is 35.2 Å². The summed E-state index contributed by atoms with van der Waals surface area (Å²) >= 11 is 6.66. The third kappa shape index (κ3) is 4.53. The van der Waals surface area contributed by atoms with Gasteiger partial charge >= 0.3 is 6.09 Å². The number of fused-ring (bicyclic) bond motifs is 1. The van der Waals surface area contributed by atoms with E-state index in [1.54, 1.807) is 11.0 Å². The minimum Gasteiger partial charge on any atom is -0.493 e. The van der Waals surface area contributed by atoms with E-state index in [1.807, 2.05) is 52.3 Å². The van der Waals surface area contributed by atoms with E-state index < -0.39 is 5.60 Å². The minimum absolute atomic E-state index is 0.112. The number of hydrogen-bond acceptors (Lipinski definition) is 7. The quantitative estimate of drug-likeness (QED) is 0.501. The number of ether oxygens (including phenoxy) is 2. The number of benzene rings is 1. The molecular weight excluding hydrogens is 480 g/mol. The Labute approximate surface area is 215 Å². The van der Waals surface area contributed by atoms with Gasteiger partial charge in [-0.15, -0.1) is 0 Å². The fourth-order valence-corrected chi connectivity index (χ4v) is 4.93. The first-order valence-electron chi connectivity index (χ1n) is 11.9. The molecule has 1 unspecified atom stereocenters. The Bertz CT molecular complexity index is 1360. The minimum atomic E-state index is -0.584. The van der Waals surface area contributed by atoms with Gasteiger partial charge in [0.05, 0.1) is 28.6 Å². The number of nitrogens with zero attached hydrogens (tertiary/aromatic N) is 5. The monoisotopic (exact) mass is 510 g/mol. The maximum absolute atomic E-state index is 12.5. The predicted octanol–water partition coefficient (Wildman–Crippen LogP) is 5.19. The van der Waals surface area contributed by atoms with Gasteiger partial charge in [-0.05, 0) is 53.2 Å². The fourth-order valence-electron chi connectivity index (χ4n) is 4.67. The van der Waals surface area contributed by atoms with Crippen molar-refractivity contribution in [2.75, 3.05) is 25.4 Å². The highest BCUT2D eigenvalue weighted by Gasteiger charge is 2.39. The molecule has 1 atom stereocenters. The summed E-state index contributed by atoms with van der Waals surface area (Å²) in [7, 11) is 0. The van der Waals surface area contributed by atoms with Gasteiger partial charge in [-0.1, -0.05) is 11.6 Å². The van der Waals surface area contributed by atoms with Crippen molar-refractivity contribution in [3.8, 4) is 11.8 Å². The molecule has 10 heteroatoms. The molecule has 0 radical (unpaired) electrons. The highest BCUT2D eigenvalue weighted by Crippen LogP contribution is 2.45. The van der Waals surface area contributed by atoms with Gasteiger partial charge in [0, 0.05) is 36.3 Å². The number of nitriles is 1. The van der Waals surface area contributed by atoms with Crippen LogP contribution in [0, 0.1) is 18.3 Å². The van der Waals surface area contributed by atoms with E-state index >= 15 is 0 Å². The maximum atomic E-state index is 12.5. The van der Waals surface area contributed by atoms with Crippen LogP contribution >= 0.6 is 11.6 Å². The number of anilines is 1. The molecule has 1 saturated heterocycles. The van der Waals surface area contributed by atoms with Crippen LogP contribution in [0.15, 0.2) is 18.6 Å². The molecule has 1 amide bonds. The summed E-state index contributed by atoms with van der Waals surface area (Å²) in [6, 6.07) is 3.80. The van der Waals surface area contributed by atoms with Gasteiger partial charge in [0.2, 0.25) is 0 Å². The maximum Gasteiger partial charge on any atom is 0.410 e. The van der Waals surface area contributed by atoms with Crippen LogP contribution in [-0.2, 0) is 4.74 Å². The van der Waals surface area contributed by atoms with Gasteiger partial charge in [0.15, 0.2) is 0 Å². The summed E-state index contributed by atoms with van der Waals surface area (Å²) in [5, 5.41) is 11.1. The zero-order chi connectivity index (χ0) is 26.4. The zero-order valence-corrected chi connectivity index (χ0v) is 22.2. The third-order valence-electron chi connectivity index (χ3n) is 6.33. The summed E-state index contributed by atoms with van der Waals surface area (Å²) in [6.45, 7) is 12.6. The molecule has 1 aromatic carbocycles. The zero-order valence-electron chi connectivity index (χ0n) is 21.4. The number of nitrogens with two attached hydrogens (primary N) is 1. The molecule has 0 spiro atoms. The van der Waals surface area contributed by atoms with Crippen LogP contribution < -0.4 is 10.5 Å². The van der Waals surface area contributed by atoms with Crippen molar-refractivity contribution in [1.82, 2.24) is 19.4 Å². The van der Waals surface area contributed by atoms with Crippen molar-refractivity contribution in [2.45, 2.75) is 59.1 Å². The lowest BCUT2D eigenvalue weighted by Crippen LogP contribution is -2.50. The topological polar surface area (TPSA) is 119 Å². The van der Waals surface area contributed by atoms with Crippen molar-refractivity contribution in [2.24, 2.45) is 0 Å². The lowest BCUT2D eigenvalue weighted by molar-refractivity contribution is 0.00792. The Morgan fingerprint density at radius 1 is 1.36 bits per heavy atom. The van der Waals surface area contributed by atoms with Crippen molar-refractivity contribution in [3.63, 3.8) is 0 Å². The molecule has 190 valence electrons. The fraction of sp³-hybridized carbons (Fsp3) is 0.462. The second kappa shape index (κ2) is 9.51. The number of amides is 1. The van der Waals surface area contributed by atoms with Gasteiger partial charge < -0.3 is 24.7 Å². The smallest absolute Gasteiger partial charge is 0.410 e. The molecule has 0 saturated carbocycles. The van der Waals surface area contributed by atoms with Crippen molar-refractivity contribution >= 4 is 34.5 Å². The molecule has 0 bridgehead atoms. The van der Waals surface area contributed by atoms with Crippen LogP contribution in [0.5, 0.6) is 5.75 Å². The Balaban J connectivity index is 1.78. The number of aryl methyl sites for hydroxylation is 1. The van der Waals surface area contributed by atoms with Crippen LogP contribution in [0.1, 0.15) is 68.8 Å². The summed E-state index contributed by atoms with van der Waals surface area (Å²) in [4.78, 5) is 22.7. The van der Waals surface area contributed by atoms with Crippen LogP contribution in [0.2, 0.25) is 5.02 Å². The number of nitrogen functional groups attached to an aromatic ring is 1. The van der Waals surface area contributed by atoms with E-state index in [2.05, 4.69) is 16.0 Å². The summed E-state index contributed by atoms with van der Waals surface area (Å²) in [5.41, 5.74) is 9.11. The van der Waals surface area contributed by atoms with Crippen molar-refractivity contribution < 1.29 is 14.3 Å². The lowest BCUT2D eigenvalue weighted by Gasteiger charge is -2.41. The number of carbonyl (C=O) groups excluding carboxylic acids is 1. The first-order valence-corrected chi connectivity index (χ1v) is 12.3. The average Bonchev–Trinajstić information content (AvgIpc) is 3.10.